The zero-order chi connectivity index (χ0) is 44.8. The van der Waals surface area contributed by atoms with Crippen LogP contribution in [0.4, 0.5) is 0 Å². The number of ether oxygens (including phenoxy) is 2. The van der Waals surface area contributed by atoms with Gasteiger partial charge in [-0.1, -0.05) is 251 Å². The van der Waals surface area contributed by atoms with Crippen LogP contribution in [0.5, 0.6) is 0 Å². The average Bonchev–Trinajstić information content (AvgIpc) is 3.22. The third-order valence-corrected chi connectivity index (χ3v) is 13.2. The Bertz CT molecular complexity index is 945. The zero-order valence-corrected chi connectivity index (χ0v) is 42.6. The molecule has 0 bridgehead atoms. The Hall–Kier alpha value is -0.500. The predicted molar refractivity (Wildman–Crippen MR) is 261 cm³/mol. The van der Waals surface area contributed by atoms with Gasteiger partial charge >= 0.3 is 13.8 Å². The fourth-order valence-corrected chi connectivity index (χ4v) is 8.77. The molecule has 0 fully saturated rings. The highest BCUT2D eigenvalue weighted by molar-refractivity contribution is 7.47. The van der Waals surface area contributed by atoms with Gasteiger partial charge in [0.15, 0.2) is 0 Å². The Balaban J connectivity index is 4.04. The molecular formula is C52H107NO7P+. The topological polar surface area (TPSA) is 91.3 Å². The first-order chi connectivity index (χ1) is 29.6. The van der Waals surface area contributed by atoms with E-state index >= 15 is 0 Å². The molecule has 0 saturated heterocycles. The molecule has 0 amide bonds. The molecule has 61 heavy (non-hydrogen) atoms. The normalized spacial score (nSPS) is 13.5. The summed E-state index contributed by atoms with van der Waals surface area (Å²) in [6.45, 7) is 5.71. The second-order valence-corrected chi connectivity index (χ2v) is 21.1. The van der Waals surface area contributed by atoms with Crippen molar-refractivity contribution < 1.29 is 37.3 Å². The monoisotopic (exact) mass is 889 g/mol. The summed E-state index contributed by atoms with van der Waals surface area (Å²) in [5.74, 6) is -0.304. The molecule has 0 heterocycles. The largest absolute Gasteiger partial charge is 0.472 e. The summed E-state index contributed by atoms with van der Waals surface area (Å²) in [5, 5.41) is 0. The molecule has 0 aromatic rings. The maximum atomic E-state index is 12.8. The highest BCUT2D eigenvalue weighted by Crippen LogP contribution is 2.43. The smallest absolute Gasteiger partial charge is 0.457 e. The minimum absolute atomic E-state index is 0.0943. The molecule has 1 N–H and O–H groups in total. The molecule has 0 aliphatic carbocycles. The molecule has 0 spiro atoms. The minimum atomic E-state index is -4.27. The summed E-state index contributed by atoms with van der Waals surface area (Å²) < 4.78 is 35.2. The lowest BCUT2D eigenvalue weighted by molar-refractivity contribution is -0.870. The first-order valence-electron chi connectivity index (χ1n) is 26.8. The van der Waals surface area contributed by atoms with Crippen molar-refractivity contribution in [2.75, 3.05) is 54.1 Å². The van der Waals surface area contributed by atoms with Gasteiger partial charge in [0.2, 0.25) is 0 Å². The van der Waals surface area contributed by atoms with Crippen molar-refractivity contribution in [1.29, 1.82) is 0 Å². The van der Waals surface area contributed by atoms with Crippen molar-refractivity contribution in [3.8, 4) is 0 Å². The molecule has 9 heteroatoms. The van der Waals surface area contributed by atoms with Gasteiger partial charge in [-0.25, -0.2) is 4.57 Å². The third-order valence-electron chi connectivity index (χ3n) is 12.2. The van der Waals surface area contributed by atoms with Crippen LogP contribution in [0.15, 0.2) is 0 Å². The van der Waals surface area contributed by atoms with E-state index < -0.39 is 13.9 Å². The summed E-state index contributed by atoms with van der Waals surface area (Å²) in [5.41, 5.74) is 0. The van der Waals surface area contributed by atoms with Crippen LogP contribution in [0.1, 0.15) is 271 Å². The average molecular weight is 889 g/mol. The van der Waals surface area contributed by atoms with E-state index in [0.29, 0.717) is 24.1 Å². The van der Waals surface area contributed by atoms with Crippen molar-refractivity contribution >= 4 is 13.8 Å². The number of hydrogen-bond acceptors (Lipinski definition) is 6. The van der Waals surface area contributed by atoms with Crippen LogP contribution in [0.3, 0.4) is 0 Å². The van der Waals surface area contributed by atoms with Crippen LogP contribution in [0.25, 0.3) is 0 Å². The lowest BCUT2D eigenvalue weighted by atomic mass is 10.0. The number of rotatable bonds is 51. The molecule has 0 radical (unpaired) electrons. The molecule has 366 valence electrons. The summed E-state index contributed by atoms with van der Waals surface area (Å²) in [6.07, 6.45) is 51.5. The maximum absolute atomic E-state index is 12.8. The van der Waals surface area contributed by atoms with E-state index in [1.807, 2.05) is 21.1 Å². The van der Waals surface area contributed by atoms with Gasteiger partial charge in [0.1, 0.15) is 19.3 Å². The van der Waals surface area contributed by atoms with E-state index in [1.165, 1.54) is 218 Å². The SMILES string of the molecule is CCCCCCCCCCCCCCCCCCCCCCCCOCC(COP(=O)(O)OCC[N+](C)(C)C)OC(=O)CCCCCCCCCCCCCCCCCCC. The Morgan fingerprint density at radius 2 is 0.754 bits per heavy atom. The molecule has 2 unspecified atom stereocenters. The summed E-state index contributed by atoms with van der Waals surface area (Å²) in [7, 11) is 1.69. The highest BCUT2D eigenvalue weighted by atomic mass is 31.2. The molecule has 0 saturated carbocycles. The Morgan fingerprint density at radius 1 is 0.443 bits per heavy atom. The van der Waals surface area contributed by atoms with E-state index in [1.54, 1.807) is 0 Å². The van der Waals surface area contributed by atoms with Crippen LogP contribution in [0.2, 0.25) is 0 Å². The van der Waals surface area contributed by atoms with Crippen LogP contribution in [0, 0.1) is 0 Å². The van der Waals surface area contributed by atoms with Crippen LogP contribution >= 0.6 is 7.82 Å². The standard InChI is InChI=1S/C52H106NO7P/c1-6-8-10-12-14-16-18-20-22-24-25-26-27-28-30-32-34-36-38-40-42-44-47-57-49-51(50-59-61(55,56)58-48-46-53(3,4)5)60-52(54)45-43-41-39-37-35-33-31-29-23-21-19-17-15-13-11-9-7-2/h51H,6-50H2,1-5H3/p+1. The number of likely N-dealkylation sites (N-methyl/N-ethyl adjacent to an activating group) is 1. The minimum Gasteiger partial charge on any atom is -0.457 e. The maximum Gasteiger partial charge on any atom is 0.472 e. The van der Waals surface area contributed by atoms with Gasteiger partial charge in [-0.05, 0) is 12.8 Å². The number of carbonyl (C=O) groups is 1. The molecule has 0 rings (SSSR count). The van der Waals surface area contributed by atoms with Crippen molar-refractivity contribution in [3.63, 3.8) is 0 Å². The van der Waals surface area contributed by atoms with E-state index in [2.05, 4.69) is 13.8 Å². The molecule has 0 aromatic heterocycles. The van der Waals surface area contributed by atoms with Crippen molar-refractivity contribution in [2.45, 2.75) is 277 Å². The molecule has 0 aliphatic heterocycles. The number of esters is 1. The summed E-state index contributed by atoms with van der Waals surface area (Å²) >= 11 is 0. The molecule has 0 aromatic carbocycles. The lowest BCUT2D eigenvalue weighted by Gasteiger charge is -2.24. The molecular weight excluding hydrogens is 782 g/mol. The number of nitrogens with zero attached hydrogens (tertiary/aromatic N) is 1. The predicted octanol–water partition coefficient (Wildman–Crippen LogP) is 16.4. The second-order valence-electron chi connectivity index (χ2n) is 19.6. The Labute approximate surface area is 380 Å². The molecule has 2 atom stereocenters. The zero-order valence-electron chi connectivity index (χ0n) is 41.7. The van der Waals surface area contributed by atoms with Crippen molar-refractivity contribution in [2.24, 2.45) is 0 Å². The van der Waals surface area contributed by atoms with Crippen molar-refractivity contribution in [3.05, 3.63) is 0 Å². The van der Waals surface area contributed by atoms with Gasteiger partial charge in [-0.2, -0.15) is 0 Å². The Morgan fingerprint density at radius 3 is 1.08 bits per heavy atom. The number of quaternary nitrogens is 1. The first kappa shape index (κ1) is 60.5. The molecule has 0 aliphatic rings. The summed E-state index contributed by atoms with van der Waals surface area (Å²) in [6, 6.07) is 0. The fraction of sp³-hybridized carbons (Fsp3) is 0.981. The van der Waals surface area contributed by atoms with Gasteiger partial charge < -0.3 is 18.9 Å². The van der Waals surface area contributed by atoms with E-state index in [9.17, 15) is 14.3 Å². The fourth-order valence-electron chi connectivity index (χ4n) is 8.03. The number of carbonyl (C=O) groups excluding carboxylic acids is 1. The lowest BCUT2D eigenvalue weighted by Crippen LogP contribution is -2.37. The van der Waals surface area contributed by atoms with Crippen LogP contribution in [-0.2, 0) is 27.9 Å². The number of phosphoric ester groups is 1. The second kappa shape index (κ2) is 46.0. The number of unbranched alkanes of at least 4 members (excludes halogenated alkanes) is 37. The first-order valence-corrected chi connectivity index (χ1v) is 28.3. The quantitative estimate of drug-likeness (QED) is 0.0281. The molecule has 8 nitrogen and oxygen atoms in total. The number of hydrogen-bond donors (Lipinski definition) is 1. The number of phosphoric acid groups is 1. The van der Waals surface area contributed by atoms with Crippen molar-refractivity contribution in [1.82, 2.24) is 0 Å². The van der Waals surface area contributed by atoms with Gasteiger partial charge in [0.25, 0.3) is 0 Å². The third kappa shape index (κ3) is 50.4. The van der Waals surface area contributed by atoms with E-state index in [-0.39, 0.29) is 25.8 Å². The van der Waals surface area contributed by atoms with E-state index in [0.717, 1.165) is 32.1 Å². The van der Waals surface area contributed by atoms with Gasteiger partial charge in [-0.3, -0.25) is 13.8 Å². The van der Waals surface area contributed by atoms with E-state index in [4.69, 9.17) is 18.5 Å². The summed E-state index contributed by atoms with van der Waals surface area (Å²) in [4.78, 5) is 23.0. The van der Waals surface area contributed by atoms with Gasteiger partial charge in [0, 0.05) is 13.0 Å². The Kier molecular flexibility index (Phi) is 45.7. The van der Waals surface area contributed by atoms with Gasteiger partial charge in [0.05, 0.1) is 34.4 Å². The van der Waals surface area contributed by atoms with Crippen LogP contribution < -0.4 is 0 Å². The highest BCUT2D eigenvalue weighted by Gasteiger charge is 2.26. The van der Waals surface area contributed by atoms with Gasteiger partial charge in [-0.15, -0.1) is 0 Å². The van der Waals surface area contributed by atoms with Crippen LogP contribution in [-0.4, -0.2) is 75.6 Å².